The average molecular weight is 473 g/mol. The molecule has 8 nitrogen and oxygen atoms in total. The lowest BCUT2D eigenvalue weighted by atomic mass is 9.72. The molecule has 32 heavy (non-hydrogen) atoms. The van der Waals surface area contributed by atoms with Gasteiger partial charge in [0.2, 0.25) is 0 Å². The van der Waals surface area contributed by atoms with Crippen LogP contribution in [0.3, 0.4) is 0 Å². The van der Waals surface area contributed by atoms with Gasteiger partial charge in [0.1, 0.15) is 10.6 Å². The fourth-order valence-corrected chi connectivity index (χ4v) is 6.33. The Kier molecular flexibility index (Phi) is 5.85. The van der Waals surface area contributed by atoms with Gasteiger partial charge in [-0.15, -0.1) is 11.3 Å². The maximum absolute atomic E-state index is 11.4. The lowest BCUT2D eigenvalue weighted by Crippen LogP contribution is -2.26. The van der Waals surface area contributed by atoms with Crippen molar-refractivity contribution < 1.29 is 14.8 Å². The highest BCUT2D eigenvalue weighted by Gasteiger charge is 2.31. The molecule has 0 radical (unpaired) electrons. The number of rotatable bonds is 5. The number of aryl methyl sites for hydroxylation is 1. The number of benzene rings is 1. The van der Waals surface area contributed by atoms with Crippen LogP contribution in [0.5, 0.6) is 0 Å². The number of anilines is 1. The van der Waals surface area contributed by atoms with Crippen molar-refractivity contribution in [1.82, 2.24) is 9.97 Å². The normalized spacial score (nSPS) is 16.2. The van der Waals surface area contributed by atoms with E-state index in [4.69, 9.17) is 15.8 Å². The number of carboxylic acids is 1. The van der Waals surface area contributed by atoms with Gasteiger partial charge in [0.15, 0.2) is 5.16 Å². The van der Waals surface area contributed by atoms with Gasteiger partial charge >= 0.3 is 5.97 Å². The van der Waals surface area contributed by atoms with E-state index in [2.05, 4.69) is 25.8 Å². The zero-order valence-electron chi connectivity index (χ0n) is 18.0. The number of thiophene rings is 1. The molecule has 1 aromatic carbocycles. The zero-order valence-corrected chi connectivity index (χ0v) is 19.7. The van der Waals surface area contributed by atoms with Crippen molar-refractivity contribution in [3.8, 4) is 0 Å². The summed E-state index contributed by atoms with van der Waals surface area (Å²) in [6.45, 7) is 6.84. The number of nitrogens with two attached hydrogens (primary N) is 1. The summed E-state index contributed by atoms with van der Waals surface area (Å²) < 4.78 is 0. The van der Waals surface area contributed by atoms with Crippen LogP contribution < -0.4 is 5.73 Å². The standard InChI is InChI=1S/C22H24N4O4S2/c1-22(2,3)13-6-7-14-16(9-13)32-19-17(14)18(23)24-21(25-19)31-10-12-5-4-11(20(27)28)8-15(12)26(29)30/h4-5,8,13H,6-7,9-10H2,1-3H3,(H,27,28)(H2,23,24,25). The van der Waals surface area contributed by atoms with E-state index in [1.165, 1.54) is 34.3 Å². The Morgan fingerprint density at radius 2 is 2.12 bits per heavy atom. The molecule has 2 heterocycles. The summed E-state index contributed by atoms with van der Waals surface area (Å²) in [6, 6.07) is 3.91. The maximum Gasteiger partial charge on any atom is 0.335 e. The van der Waals surface area contributed by atoms with E-state index in [1.807, 2.05) is 0 Å². The van der Waals surface area contributed by atoms with Crippen molar-refractivity contribution in [2.45, 2.75) is 50.9 Å². The van der Waals surface area contributed by atoms with E-state index >= 15 is 0 Å². The molecule has 1 unspecified atom stereocenters. The highest BCUT2D eigenvalue weighted by Crippen LogP contribution is 2.44. The Hall–Kier alpha value is -2.72. The highest BCUT2D eigenvalue weighted by molar-refractivity contribution is 7.98. The molecular formula is C22H24N4O4S2. The van der Waals surface area contributed by atoms with Crippen LogP contribution in [0, 0.1) is 21.4 Å². The maximum atomic E-state index is 11.4. The highest BCUT2D eigenvalue weighted by atomic mass is 32.2. The van der Waals surface area contributed by atoms with Crippen molar-refractivity contribution in [3.05, 3.63) is 49.9 Å². The lowest BCUT2D eigenvalue weighted by Gasteiger charge is -2.33. The molecule has 1 aliphatic carbocycles. The van der Waals surface area contributed by atoms with E-state index in [9.17, 15) is 14.9 Å². The van der Waals surface area contributed by atoms with Gasteiger partial charge in [0.05, 0.1) is 15.9 Å². The average Bonchev–Trinajstić information content (AvgIpc) is 3.09. The number of nitro benzene ring substituents is 1. The summed E-state index contributed by atoms with van der Waals surface area (Å²) in [6.07, 6.45) is 3.11. The van der Waals surface area contributed by atoms with E-state index in [-0.39, 0.29) is 22.4 Å². The summed E-state index contributed by atoms with van der Waals surface area (Å²) in [5, 5.41) is 21.9. The third kappa shape index (κ3) is 4.29. The topological polar surface area (TPSA) is 132 Å². The summed E-state index contributed by atoms with van der Waals surface area (Å²) >= 11 is 2.92. The Balaban J connectivity index is 1.61. The molecule has 0 amide bonds. The van der Waals surface area contributed by atoms with E-state index in [1.54, 1.807) is 11.3 Å². The largest absolute Gasteiger partial charge is 0.478 e. The number of hydrogen-bond acceptors (Lipinski definition) is 8. The lowest BCUT2D eigenvalue weighted by molar-refractivity contribution is -0.385. The van der Waals surface area contributed by atoms with Crippen LogP contribution >= 0.6 is 23.1 Å². The zero-order chi connectivity index (χ0) is 23.2. The van der Waals surface area contributed by atoms with Gasteiger partial charge in [-0.25, -0.2) is 14.8 Å². The molecule has 0 saturated heterocycles. The first-order valence-electron chi connectivity index (χ1n) is 10.3. The van der Waals surface area contributed by atoms with Crippen LogP contribution in [0.1, 0.15) is 53.6 Å². The van der Waals surface area contributed by atoms with Gasteiger partial charge in [-0.05, 0) is 42.2 Å². The van der Waals surface area contributed by atoms with E-state index in [0.717, 1.165) is 35.5 Å². The molecule has 0 saturated carbocycles. The summed E-state index contributed by atoms with van der Waals surface area (Å²) in [5.74, 6) is 0.0859. The molecule has 0 aliphatic heterocycles. The second-order valence-electron chi connectivity index (χ2n) is 9.08. The first kappa shape index (κ1) is 22.5. The number of thioether (sulfide) groups is 1. The molecule has 0 fully saturated rings. The van der Waals surface area contributed by atoms with E-state index in [0.29, 0.717) is 22.5 Å². The third-order valence-corrected chi connectivity index (χ3v) is 8.07. The molecule has 3 N–H and O–H groups in total. The number of hydrogen-bond donors (Lipinski definition) is 2. The molecule has 10 heteroatoms. The molecule has 2 aromatic heterocycles. The molecular weight excluding hydrogens is 448 g/mol. The van der Waals surface area contributed by atoms with Crippen LogP contribution in [0.25, 0.3) is 10.2 Å². The second-order valence-corrected chi connectivity index (χ2v) is 11.1. The predicted octanol–water partition coefficient (Wildman–Crippen LogP) is 5.32. The fourth-order valence-electron chi connectivity index (χ4n) is 4.12. The SMILES string of the molecule is CC(C)(C)C1CCc2c(sc3nc(SCc4ccc(C(=O)O)cc4[N+](=O)[O-])nc(N)c23)C1. The summed E-state index contributed by atoms with van der Waals surface area (Å²) in [4.78, 5) is 33.3. The van der Waals surface area contributed by atoms with Gasteiger partial charge in [-0.1, -0.05) is 38.6 Å². The molecule has 3 aromatic rings. The fraction of sp³-hybridized carbons (Fsp3) is 0.409. The number of nitrogen functional groups attached to an aromatic ring is 1. The number of nitro groups is 1. The number of carboxylic acid groups (broad SMARTS) is 1. The molecule has 0 bridgehead atoms. The Labute approximate surface area is 193 Å². The number of fused-ring (bicyclic) bond motifs is 3. The number of carbonyl (C=O) groups is 1. The van der Waals surface area contributed by atoms with Crippen molar-refractivity contribution in [3.63, 3.8) is 0 Å². The minimum atomic E-state index is -1.20. The first-order valence-corrected chi connectivity index (χ1v) is 12.1. The monoisotopic (exact) mass is 472 g/mol. The van der Waals surface area contributed by atoms with Crippen molar-refractivity contribution >= 4 is 50.8 Å². The minimum absolute atomic E-state index is 0.120. The van der Waals surface area contributed by atoms with Crippen molar-refractivity contribution in [1.29, 1.82) is 0 Å². The van der Waals surface area contributed by atoms with Crippen molar-refractivity contribution in [2.75, 3.05) is 5.73 Å². The molecule has 168 valence electrons. The molecule has 1 aliphatic rings. The van der Waals surface area contributed by atoms with Crippen LogP contribution in [-0.4, -0.2) is 26.0 Å². The van der Waals surface area contributed by atoms with E-state index < -0.39 is 10.9 Å². The predicted molar refractivity (Wildman–Crippen MR) is 126 cm³/mol. The van der Waals surface area contributed by atoms with Crippen LogP contribution in [0.4, 0.5) is 11.5 Å². The van der Waals surface area contributed by atoms with Crippen LogP contribution in [0.15, 0.2) is 23.4 Å². The molecule has 1 atom stereocenters. The van der Waals surface area contributed by atoms with Gasteiger partial charge in [0, 0.05) is 22.3 Å². The number of aromatic nitrogens is 2. The molecule has 4 rings (SSSR count). The third-order valence-electron chi connectivity index (χ3n) is 6.03. The first-order chi connectivity index (χ1) is 15.0. The Bertz CT molecular complexity index is 1230. The Morgan fingerprint density at radius 1 is 1.38 bits per heavy atom. The second kappa shape index (κ2) is 8.32. The van der Waals surface area contributed by atoms with Gasteiger partial charge in [-0.3, -0.25) is 10.1 Å². The quantitative estimate of drug-likeness (QED) is 0.220. The number of nitrogens with zero attached hydrogens (tertiary/aromatic N) is 3. The van der Waals surface area contributed by atoms with Gasteiger partial charge < -0.3 is 10.8 Å². The van der Waals surface area contributed by atoms with Gasteiger partial charge in [0.25, 0.3) is 5.69 Å². The smallest absolute Gasteiger partial charge is 0.335 e. The summed E-state index contributed by atoms with van der Waals surface area (Å²) in [5.41, 5.74) is 7.88. The Morgan fingerprint density at radius 3 is 2.78 bits per heavy atom. The summed E-state index contributed by atoms with van der Waals surface area (Å²) in [7, 11) is 0. The number of aromatic carboxylic acids is 1. The van der Waals surface area contributed by atoms with Crippen LogP contribution in [0.2, 0.25) is 0 Å². The van der Waals surface area contributed by atoms with Gasteiger partial charge in [-0.2, -0.15) is 0 Å². The van der Waals surface area contributed by atoms with Crippen LogP contribution in [-0.2, 0) is 18.6 Å². The minimum Gasteiger partial charge on any atom is -0.478 e. The molecule has 0 spiro atoms. The van der Waals surface area contributed by atoms with Crippen molar-refractivity contribution in [2.24, 2.45) is 11.3 Å².